The maximum Gasteiger partial charge on any atom is 0.138 e. The molecule has 2 atom stereocenters. The second-order valence-corrected chi connectivity index (χ2v) is 4.20. The number of ether oxygens (including phenoxy) is 1. The van der Waals surface area contributed by atoms with Crippen LogP contribution in [0.4, 0.5) is 0 Å². The summed E-state index contributed by atoms with van der Waals surface area (Å²) in [7, 11) is 0. The van der Waals surface area contributed by atoms with Gasteiger partial charge in [-0.15, -0.1) is 0 Å². The average molecular weight is 205 g/mol. The van der Waals surface area contributed by atoms with Gasteiger partial charge in [-0.2, -0.15) is 0 Å². The molecule has 2 nitrogen and oxygen atoms in total. The molecular formula is C13H19NO. The number of hydrogen-bond acceptors (Lipinski definition) is 2. The standard InChI is InChI=1S/C13H19NO/c1-3-11-5-4-10(2)8-12-13(9-11)15-7-6-14-12/h4-5,8-11,14H,3,6-7H2,1-2H3/b5-4-,12-8+,13-9?. The molecular weight excluding hydrogens is 186 g/mol. The van der Waals surface area contributed by atoms with Crippen LogP contribution >= 0.6 is 0 Å². The summed E-state index contributed by atoms with van der Waals surface area (Å²) in [5.74, 6) is 2.02. The fourth-order valence-electron chi connectivity index (χ4n) is 1.93. The van der Waals surface area contributed by atoms with Crippen molar-refractivity contribution in [3.63, 3.8) is 0 Å². The van der Waals surface area contributed by atoms with Crippen LogP contribution in [0.25, 0.3) is 0 Å². The molecule has 2 unspecified atom stereocenters. The topological polar surface area (TPSA) is 21.3 Å². The molecule has 1 saturated heterocycles. The SMILES string of the molecule is CCC1C=C2OCCN/C2=C/C(C)/C=C\1. The Morgan fingerprint density at radius 3 is 3.07 bits per heavy atom. The van der Waals surface area contributed by atoms with Gasteiger partial charge in [0.2, 0.25) is 0 Å². The van der Waals surface area contributed by atoms with E-state index >= 15 is 0 Å². The molecule has 15 heavy (non-hydrogen) atoms. The molecule has 0 bridgehead atoms. The van der Waals surface area contributed by atoms with Crippen molar-refractivity contribution >= 4 is 0 Å². The van der Waals surface area contributed by atoms with Crippen molar-refractivity contribution in [1.82, 2.24) is 5.32 Å². The second kappa shape index (κ2) is 4.56. The molecule has 2 aliphatic rings. The molecule has 1 N–H and O–H groups in total. The van der Waals surface area contributed by atoms with E-state index in [1.165, 1.54) is 0 Å². The molecule has 0 aromatic carbocycles. The number of allylic oxidation sites excluding steroid dienone is 4. The van der Waals surface area contributed by atoms with Crippen LogP contribution in [0, 0.1) is 11.8 Å². The lowest BCUT2D eigenvalue weighted by atomic mass is 9.97. The highest BCUT2D eigenvalue weighted by atomic mass is 16.5. The maximum absolute atomic E-state index is 5.69. The minimum Gasteiger partial charge on any atom is -0.490 e. The summed E-state index contributed by atoms with van der Waals surface area (Å²) in [6.07, 6.45) is 10.1. The largest absolute Gasteiger partial charge is 0.490 e. The summed E-state index contributed by atoms with van der Waals surface area (Å²) < 4.78 is 5.69. The Balaban J connectivity index is 2.30. The number of hydrogen-bond donors (Lipinski definition) is 1. The monoisotopic (exact) mass is 205 g/mol. The first-order valence-corrected chi connectivity index (χ1v) is 5.78. The van der Waals surface area contributed by atoms with Crippen molar-refractivity contribution in [3.05, 3.63) is 35.8 Å². The van der Waals surface area contributed by atoms with Gasteiger partial charge < -0.3 is 10.1 Å². The molecule has 1 heterocycles. The van der Waals surface area contributed by atoms with Gasteiger partial charge in [0.25, 0.3) is 0 Å². The molecule has 0 aromatic rings. The van der Waals surface area contributed by atoms with Crippen molar-refractivity contribution in [2.24, 2.45) is 11.8 Å². The Kier molecular flexibility index (Phi) is 3.14. The normalized spacial score (nSPS) is 35.6. The second-order valence-electron chi connectivity index (χ2n) is 4.20. The van der Waals surface area contributed by atoms with Crippen LogP contribution in [0.5, 0.6) is 0 Å². The van der Waals surface area contributed by atoms with Gasteiger partial charge in [-0.1, -0.05) is 32.1 Å². The van der Waals surface area contributed by atoms with Gasteiger partial charge in [0.1, 0.15) is 12.4 Å². The maximum atomic E-state index is 5.69. The van der Waals surface area contributed by atoms with Gasteiger partial charge in [0.15, 0.2) is 0 Å². The van der Waals surface area contributed by atoms with E-state index in [1.807, 2.05) is 0 Å². The first kappa shape index (κ1) is 10.3. The zero-order chi connectivity index (χ0) is 10.7. The van der Waals surface area contributed by atoms with E-state index < -0.39 is 0 Å². The van der Waals surface area contributed by atoms with Crippen molar-refractivity contribution in [2.45, 2.75) is 20.3 Å². The summed E-state index contributed by atoms with van der Waals surface area (Å²) in [4.78, 5) is 0. The highest BCUT2D eigenvalue weighted by Crippen LogP contribution is 2.23. The molecule has 2 heteroatoms. The summed E-state index contributed by atoms with van der Waals surface area (Å²) in [5, 5.41) is 3.40. The van der Waals surface area contributed by atoms with Crippen LogP contribution in [0.1, 0.15) is 20.3 Å². The Hall–Kier alpha value is -1.18. The molecule has 1 aliphatic carbocycles. The summed E-state index contributed by atoms with van der Waals surface area (Å²) in [6.45, 7) is 6.10. The van der Waals surface area contributed by atoms with Gasteiger partial charge in [-0.3, -0.25) is 0 Å². The molecule has 0 spiro atoms. The van der Waals surface area contributed by atoms with Crippen molar-refractivity contribution in [2.75, 3.05) is 13.2 Å². The van der Waals surface area contributed by atoms with E-state index in [4.69, 9.17) is 4.74 Å². The molecule has 0 radical (unpaired) electrons. The third kappa shape index (κ3) is 2.44. The molecule has 0 aromatic heterocycles. The van der Waals surface area contributed by atoms with E-state index in [-0.39, 0.29) is 0 Å². The number of nitrogens with one attached hydrogen (secondary N) is 1. The third-order valence-electron chi connectivity index (χ3n) is 2.87. The van der Waals surface area contributed by atoms with E-state index in [0.717, 1.165) is 31.0 Å². The Morgan fingerprint density at radius 2 is 2.27 bits per heavy atom. The van der Waals surface area contributed by atoms with Gasteiger partial charge >= 0.3 is 0 Å². The van der Waals surface area contributed by atoms with Crippen LogP contribution in [0.15, 0.2) is 35.8 Å². The fourth-order valence-corrected chi connectivity index (χ4v) is 1.93. The predicted octanol–water partition coefficient (Wildman–Crippen LogP) is 2.61. The van der Waals surface area contributed by atoms with E-state index in [9.17, 15) is 0 Å². The zero-order valence-electron chi connectivity index (χ0n) is 9.49. The molecule has 1 fully saturated rings. The summed E-state index contributed by atoms with van der Waals surface area (Å²) >= 11 is 0. The highest BCUT2D eigenvalue weighted by Gasteiger charge is 2.16. The van der Waals surface area contributed by atoms with Crippen LogP contribution < -0.4 is 5.32 Å². The first-order valence-electron chi connectivity index (χ1n) is 5.78. The minimum absolute atomic E-state index is 0.479. The lowest BCUT2D eigenvalue weighted by Crippen LogP contribution is -2.28. The van der Waals surface area contributed by atoms with Crippen molar-refractivity contribution < 1.29 is 4.74 Å². The Bertz CT molecular complexity index is 314. The lowest BCUT2D eigenvalue weighted by molar-refractivity contribution is 0.194. The van der Waals surface area contributed by atoms with Gasteiger partial charge in [-0.05, 0) is 24.3 Å². The van der Waals surface area contributed by atoms with Crippen LogP contribution in [0.3, 0.4) is 0 Å². The van der Waals surface area contributed by atoms with Gasteiger partial charge in [0.05, 0.1) is 5.70 Å². The molecule has 0 saturated carbocycles. The lowest BCUT2D eigenvalue weighted by Gasteiger charge is -2.24. The number of rotatable bonds is 1. The minimum atomic E-state index is 0.479. The smallest absolute Gasteiger partial charge is 0.138 e. The van der Waals surface area contributed by atoms with Crippen LogP contribution in [-0.2, 0) is 4.74 Å². The Labute approximate surface area is 91.7 Å². The quantitative estimate of drug-likeness (QED) is 0.664. The molecule has 82 valence electrons. The highest BCUT2D eigenvalue weighted by molar-refractivity contribution is 5.30. The van der Waals surface area contributed by atoms with Crippen molar-refractivity contribution in [3.8, 4) is 0 Å². The molecule has 2 rings (SSSR count). The fraction of sp³-hybridized carbons (Fsp3) is 0.538. The number of fused-ring (bicyclic) bond motifs is 1. The summed E-state index contributed by atoms with van der Waals surface area (Å²) in [6, 6.07) is 0. The van der Waals surface area contributed by atoms with Gasteiger partial charge in [-0.25, -0.2) is 0 Å². The zero-order valence-corrected chi connectivity index (χ0v) is 9.49. The van der Waals surface area contributed by atoms with Gasteiger partial charge in [0, 0.05) is 6.54 Å². The van der Waals surface area contributed by atoms with Crippen LogP contribution in [-0.4, -0.2) is 13.2 Å². The van der Waals surface area contributed by atoms with Crippen molar-refractivity contribution in [1.29, 1.82) is 0 Å². The van der Waals surface area contributed by atoms with E-state index in [0.29, 0.717) is 11.8 Å². The third-order valence-corrected chi connectivity index (χ3v) is 2.87. The molecule has 0 amide bonds. The van der Waals surface area contributed by atoms with E-state index in [2.05, 4.69) is 43.5 Å². The number of morpholine rings is 1. The first-order chi connectivity index (χ1) is 7.29. The average Bonchev–Trinajstić information content (AvgIpc) is 2.23. The Morgan fingerprint density at radius 1 is 1.40 bits per heavy atom. The summed E-state index contributed by atoms with van der Waals surface area (Å²) in [5.41, 5.74) is 1.16. The predicted molar refractivity (Wildman–Crippen MR) is 62.2 cm³/mol. The molecule has 1 aliphatic heterocycles. The van der Waals surface area contributed by atoms with E-state index in [1.54, 1.807) is 0 Å². The van der Waals surface area contributed by atoms with Crippen LogP contribution in [0.2, 0.25) is 0 Å².